The van der Waals surface area contributed by atoms with Gasteiger partial charge in [0.15, 0.2) is 0 Å². The highest BCUT2D eigenvalue weighted by atomic mass is 35.5. The number of ether oxygens (including phenoxy) is 1. The van der Waals surface area contributed by atoms with Crippen molar-refractivity contribution in [2.75, 3.05) is 13.1 Å². The molecule has 0 unspecified atom stereocenters. The molecule has 0 radical (unpaired) electrons. The summed E-state index contributed by atoms with van der Waals surface area (Å²) in [5.74, 6) is 0.573. The number of piperidine rings is 1. The van der Waals surface area contributed by atoms with E-state index < -0.39 is 5.97 Å². The van der Waals surface area contributed by atoms with Gasteiger partial charge in [-0.1, -0.05) is 42.5 Å². The molecule has 1 aliphatic heterocycles. The number of amides is 1. The molecule has 4 rings (SSSR count). The molecule has 3 aromatic rings. The quantitative estimate of drug-likeness (QED) is 0.467. The van der Waals surface area contributed by atoms with E-state index in [1.165, 1.54) is 17.7 Å². The van der Waals surface area contributed by atoms with Gasteiger partial charge in [-0.25, -0.2) is 4.79 Å². The number of rotatable bonds is 8. The molecule has 0 aromatic heterocycles. The van der Waals surface area contributed by atoms with Crippen molar-refractivity contribution in [1.82, 2.24) is 10.2 Å². The SMILES string of the molecule is Cl.O=C(O)c1ccc(Oc2ccc(CN3CCC(C(=O)NCc4ccccc4)CC3)cc2)cc1. The van der Waals surface area contributed by atoms with Crippen LogP contribution in [-0.4, -0.2) is 35.0 Å². The standard InChI is InChI=1S/C27H28N2O4.ClH/c30-26(28-18-20-4-2-1-3-5-20)22-14-16-29(17-15-22)19-21-6-10-24(11-7-21)33-25-12-8-23(9-13-25)27(31)32;/h1-13,22H,14-19H2,(H,28,30)(H,31,32);1H. The number of nitrogens with one attached hydrogen (secondary N) is 1. The van der Waals surface area contributed by atoms with Crippen molar-refractivity contribution in [2.45, 2.75) is 25.9 Å². The molecule has 1 fully saturated rings. The Labute approximate surface area is 206 Å². The maximum absolute atomic E-state index is 12.5. The highest BCUT2D eigenvalue weighted by molar-refractivity contribution is 5.87. The van der Waals surface area contributed by atoms with Crippen LogP contribution < -0.4 is 10.1 Å². The summed E-state index contributed by atoms with van der Waals surface area (Å²) < 4.78 is 5.80. The molecule has 7 heteroatoms. The molecule has 0 aliphatic carbocycles. The summed E-state index contributed by atoms with van der Waals surface area (Å²) in [6.07, 6.45) is 1.74. The summed E-state index contributed by atoms with van der Waals surface area (Å²) in [4.78, 5) is 25.8. The number of likely N-dealkylation sites (tertiary alicyclic amines) is 1. The first-order valence-corrected chi connectivity index (χ1v) is 11.2. The summed E-state index contributed by atoms with van der Waals surface area (Å²) >= 11 is 0. The molecule has 0 atom stereocenters. The van der Waals surface area contributed by atoms with E-state index in [-0.39, 0.29) is 29.8 Å². The molecule has 1 heterocycles. The van der Waals surface area contributed by atoms with Crippen molar-refractivity contribution in [1.29, 1.82) is 0 Å². The largest absolute Gasteiger partial charge is 0.478 e. The summed E-state index contributed by atoms with van der Waals surface area (Å²) in [6.45, 7) is 3.22. The van der Waals surface area contributed by atoms with E-state index in [2.05, 4.69) is 10.2 Å². The fourth-order valence-corrected chi connectivity index (χ4v) is 4.01. The number of halogens is 1. The van der Waals surface area contributed by atoms with Gasteiger partial charge in [0.25, 0.3) is 0 Å². The Morgan fingerprint density at radius 2 is 1.44 bits per heavy atom. The van der Waals surface area contributed by atoms with E-state index in [0.29, 0.717) is 18.0 Å². The number of carbonyl (C=O) groups excluding carboxylic acids is 1. The van der Waals surface area contributed by atoms with Crippen molar-refractivity contribution in [3.05, 3.63) is 95.6 Å². The van der Waals surface area contributed by atoms with Crippen LogP contribution in [0.3, 0.4) is 0 Å². The average Bonchev–Trinajstić information content (AvgIpc) is 2.85. The maximum atomic E-state index is 12.5. The van der Waals surface area contributed by atoms with E-state index in [9.17, 15) is 9.59 Å². The predicted molar refractivity (Wildman–Crippen MR) is 133 cm³/mol. The molecular weight excluding hydrogens is 452 g/mol. The molecule has 1 saturated heterocycles. The number of hydrogen-bond donors (Lipinski definition) is 2. The Hall–Kier alpha value is -3.35. The Kier molecular flexibility index (Phi) is 9.08. The van der Waals surface area contributed by atoms with Crippen LogP contribution in [-0.2, 0) is 17.9 Å². The zero-order valence-electron chi connectivity index (χ0n) is 18.9. The Morgan fingerprint density at radius 1 is 0.853 bits per heavy atom. The van der Waals surface area contributed by atoms with Gasteiger partial charge in [0.2, 0.25) is 5.91 Å². The minimum Gasteiger partial charge on any atom is -0.478 e. The van der Waals surface area contributed by atoms with Gasteiger partial charge >= 0.3 is 5.97 Å². The number of nitrogens with zero attached hydrogens (tertiary/aromatic N) is 1. The van der Waals surface area contributed by atoms with Gasteiger partial charge in [0, 0.05) is 19.0 Å². The van der Waals surface area contributed by atoms with Gasteiger partial charge in [-0.15, -0.1) is 12.4 Å². The van der Waals surface area contributed by atoms with Crippen LogP contribution in [0.4, 0.5) is 0 Å². The molecule has 0 bridgehead atoms. The maximum Gasteiger partial charge on any atom is 0.335 e. The lowest BCUT2D eigenvalue weighted by Gasteiger charge is -2.31. The van der Waals surface area contributed by atoms with Gasteiger partial charge in [-0.2, -0.15) is 0 Å². The number of aromatic carboxylic acids is 1. The summed E-state index contributed by atoms with van der Waals surface area (Å²) in [5, 5.41) is 12.0. The summed E-state index contributed by atoms with van der Waals surface area (Å²) in [7, 11) is 0. The molecule has 0 spiro atoms. The van der Waals surface area contributed by atoms with Crippen LogP contribution in [0.1, 0.15) is 34.3 Å². The topological polar surface area (TPSA) is 78.9 Å². The fourth-order valence-electron chi connectivity index (χ4n) is 4.01. The molecule has 1 amide bonds. The number of hydrogen-bond acceptors (Lipinski definition) is 4. The Morgan fingerprint density at radius 3 is 2.03 bits per heavy atom. The second kappa shape index (κ2) is 12.2. The van der Waals surface area contributed by atoms with Crippen molar-refractivity contribution >= 4 is 24.3 Å². The van der Waals surface area contributed by atoms with Gasteiger partial charge < -0.3 is 15.2 Å². The first kappa shape index (κ1) is 25.3. The average molecular weight is 481 g/mol. The second-order valence-electron chi connectivity index (χ2n) is 8.33. The van der Waals surface area contributed by atoms with Gasteiger partial charge in [-0.3, -0.25) is 9.69 Å². The molecule has 1 aliphatic rings. The molecular formula is C27H29ClN2O4. The first-order valence-electron chi connectivity index (χ1n) is 11.2. The van der Waals surface area contributed by atoms with Crippen LogP contribution in [0.5, 0.6) is 11.5 Å². The van der Waals surface area contributed by atoms with Crippen LogP contribution in [0.25, 0.3) is 0 Å². The third-order valence-electron chi connectivity index (χ3n) is 5.93. The van der Waals surface area contributed by atoms with Crippen molar-refractivity contribution in [3.8, 4) is 11.5 Å². The molecule has 6 nitrogen and oxygen atoms in total. The zero-order chi connectivity index (χ0) is 23.0. The van der Waals surface area contributed by atoms with E-state index in [4.69, 9.17) is 9.84 Å². The molecule has 34 heavy (non-hydrogen) atoms. The van der Waals surface area contributed by atoms with Crippen LogP contribution >= 0.6 is 12.4 Å². The fraction of sp³-hybridized carbons (Fsp3) is 0.259. The number of carbonyl (C=O) groups is 2. The predicted octanol–water partition coefficient (Wildman–Crippen LogP) is 5.13. The highest BCUT2D eigenvalue weighted by Gasteiger charge is 2.24. The van der Waals surface area contributed by atoms with Crippen LogP contribution in [0.15, 0.2) is 78.9 Å². The van der Waals surface area contributed by atoms with Crippen LogP contribution in [0.2, 0.25) is 0 Å². The number of carboxylic acids is 1. The Bertz CT molecular complexity index is 1060. The summed E-state index contributed by atoms with van der Waals surface area (Å²) in [5.41, 5.74) is 2.54. The van der Waals surface area contributed by atoms with Gasteiger partial charge in [0.05, 0.1) is 5.56 Å². The van der Waals surface area contributed by atoms with E-state index in [0.717, 1.165) is 38.0 Å². The van der Waals surface area contributed by atoms with Crippen molar-refractivity contribution in [3.63, 3.8) is 0 Å². The lowest BCUT2D eigenvalue weighted by molar-refractivity contribution is -0.126. The number of carboxylic acid groups (broad SMARTS) is 1. The molecule has 0 saturated carbocycles. The van der Waals surface area contributed by atoms with Gasteiger partial charge in [0.1, 0.15) is 11.5 Å². The zero-order valence-corrected chi connectivity index (χ0v) is 19.7. The molecule has 178 valence electrons. The normalized spacial score (nSPS) is 14.1. The number of benzene rings is 3. The lowest BCUT2D eigenvalue weighted by Crippen LogP contribution is -2.40. The smallest absolute Gasteiger partial charge is 0.335 e. The molecule has 3 aromatic carbocycles. The van der Waals surface area contributed by atoms with Crippen LogP contribution in [0, 0.1) is 5.92 Å². The summed E-state index contributed by atoms with van der Waals surface area (Å²) in [6, 6.07) is 24.3. The third-order valence-corrected chi connectivity index (χ3v) is 5.93. The van der Waals surface area contributed by atoms with E-state index in [1.807, 2.05) is 54.6 Å². The minimum atomic E-state index is -0.956. The van der Waals surface area contributed by atoms with Crippen molar-refractivity contribution < 1.29 is 19.4 Å². The van der Waals surface area contributed by atoms with E-state index in [1.54, 1.807) is 12.1 Å². The third kappa shape index (κ3) is 7.07. The van der Waals surface area contributed by atoms with E-state index >= 15 is 0 Å². The first-order chi connectivity index (χ1) is 16.1. The monoisotopic (exact) mass is 480 g/mol. The lowest BCUT2D eigenvalue weighted by atomic mass is 9.95. The molecule has 2 N–H and O–H groups in total. The van der Waals surface area contributed by atoms with Gasteiger partial charge in [-0.05, 0) is 73.5 Å². The second-order valence-corrected chi connectivity index (χ2v) is 8.33. The highest BCUT2D eigenvalue weighted by Crippen LogP contribution is 2.24. The Balaban J connectivity index is 0.00000324. The van der Waals surface area contributed by atoms with Crippen molar-refractivity contribution in [2.24, 2.45) is 5.92 Å². The minimum absolute atomic E-state index is 0.